The number of aryl methyl sites for hydroxylation is 2. The molecule has 6 heteroatoms. The Morgan fingerprint density at radius 3 is 1.93 bits per heavy atom. The molecule has 5 nitrogen and oxygen atoms in total. The zero-order chi connectivity index (χ0) is 19.4. The Morgan fingerprint density at radius 2 is 1.41 bits per heavy atom. The number of carbonyl (C=O) groups excluding carboxylic acids is 1. The maximum absolute atomic E-state index is 11.7. The van der Waals surface area contributed by atoms with Crippen molar-refractivity contribution in [2.24, 2.45) is 0 Å². The predicted octanol–water partition coefficient (Wildman–Crippen LogP) is 4.48. The van der Waals surface area contributed by atoms with Crippen LogP contribution in [0.5, 0.6) is 0 Å². The molecule has 27 heavy (non-hydrogen) atoms. The number of hydrogen-bond acceptors (Lipinski definition) is 6. The summed E-state index contributed by atoms with van der Waals surface area (Å²) >= 11 is 1.24. The van der Waals surface area contributed by atoms with E-state index in [1.807, 2.05) is 62.4 Å². The lowest BCUT2D eigenvalue weighted by Crippen LogP contribution is -2.15. The van der Waals surface area contributed by atoms with E-state index >= 15 is 0 Å². The fourth-order valence-corrected chi connectivity index (χ4v) is 3.29. The minimum absolute atomic E-state index is 0.317. The van der Waals surface area contributed by atoms with Crippen LogP contribution in [0.3, 0.4) is 0 Å². The van der Waals surface area contributed by atoms with E-state index in [-0.39, 0.29) is 5.97 Å². The molecule has 0 saturated carbocycles. The highest BCUT2D eigenvalue weighted by molar-refractivity contribution is 8.00. The number of thioether (sulfide) groups is 1. The molecular weight excluding hydrogens is 358 g/mol. The van der Waals surface area contributed by atoms with E-state index in [1.54, 1.807) is 6.92 Å². The summed E-state index contributed by atoms with van der Waals surface area (Å²) in [5.74, 6) is -0.317. The topological polar surface area (TPSA) is 65.0 Å². The molecule has 0 fully saturated rings. The number of nitrogens with zero attached hydrogens (tertiary/aromatic N) is 3. The van der Waals surface area contributed by atoms with E-state index in [4.69, 9.17) is 9.72 Å². The number of benzene rings is 2. The van der Waals surface area contributed by atoms with Crippen molar-refractivity contribution in [2.75, 3.05) is 7.11 Å². The highest BCUT2D eigenvalue weighted by Gasteiger charge is 2.19. The van der Waals surface area contributed by atoms with Gasteiger partial charge in [0.25, 0.3) is 0 Å². The molecule has 0 radical (unpaired) electrons. The molecule has 0 aliphatic heterocycles. The van der Waals surface area contributed by atoms with Crippen LogP contribution in [0.4, 0.5) is 0 Å². The zero-order valence-electron chi connectivity index (χ0n) is 15.8. The van der Waals surface area contributed by atoms with Gasteiger partial charge in [0.15, 0.2) is 0 Å². The number of carbonyl (C=O) groups is 1. The Hall–Kier alpha value is -2.73. The van der Waals surface area contributed by atoms with E-state index in [0.717, 1.165) is 16.8 Å². The first-order valence-electron chi connectivity index (χ1n) is 8.61. The number of ether oxygens (including phenoxy) is 1. The Morgan fingerprint density at radius 1 is 0.889 bits per heavy atom. The number of aromatic nitrogens is 3. The van der Waals surface area contributed by atoms with Gasteiger partial charge in [-0.25, -0.2) is 4.98 Å². The highest BCUT2D eigenvalue weighted by atomic mass is 32.2. The number of rotatable bonds is 5. The van der Waals surface area contributed by atoms with Crippen molar-refractivity contribution in [3.63, 3.8) is 0 Å². The van der Waals surface area contributed by atoms with E-state index in [9.17, 15) is 4.79 Å². The maximum atomic E-state index is 11.7. The van der Waals surface area contributed by atoms with E-state index in [0.29, 0.717) is 10.9 Å². The smallest absolute Gasteiger partial charge is 0.318 e. The van der Waals surface area contributed by atoms with Crippen LogP contribution in [0.15, 0.2) is 53.7 Å². The molecule has 0 bridgehead atoms. The van der Waals surface area contributed by atoms with Crippen LogP contribution in [0.2, 0.25) is 0 Å². The van der Waals surface area contributed by atoms with Gasteiger partial charge in [0.1, 0.15) is 16.6 Å². The first-order valence-corrected chi connectivity index (χ1v) is 9.49. The number of hydrogen-bond donors (Lipinski definition) is 0. The average molecular weight is 379 g/mol. The third-order valence-corrected chi connectivity index (χ3v) is 5.06. The van der Waals surface area contributed by atoms with Crippen molar-refractivity contribution in [3.8, 4) is 22.5 Å². The van der Waals surface area contributed by atoms with Gasteiger partial charge in [0.05, 0.1) is 7.11 Å². The first kappa shape index (κ1) is 19.0. The second kappa shape index (κ2) is 8.31. The van der Waals surface area contributed by atoms with Crippen LogP contribution < -0.4 is 0 Å². The van der Waals surface area contributed by atoms with Crippen LogP contribution in [-0.4, -0.2) is 33.5 Å². The molecular formula is C21H21N3O2S. The Balaban J connectivity index is 2.06. The van der Waals surface area contributed by atoms with Crippen molar-refractivity contribution < 1.29 is 9.53 Å². The molecule has 0 amide bonds. The van der Waals surface area contributed by atoms with Crippen molar-refractivity contribution in [1.29, 1.82) is 0 Å². The van der Waals surface area contributed by atoms with Crippen LogP contribution in [0, 0.1) is 13.8 Å². The normalized spacial score (nSPS) is 11.9. The van der Waals surface area contributed by atoms with Gasteiger partial charge in [0, 0.05) is 11.1 Å². The minimum atomic E-state index is -0.409. The summed E-state index contributed by atoms with van der Waals surface area (Å²) in [7, 11) is 1.37. The summed E-state index contributed by atoms with van der Waals surface area (Å²) in [6, 6.07) is 16.2. The summed E-state index contributed by atoms with van der Waals surface area (Å²) in [5.41, 5.74) is 5.72. The van der Waals surface area contributed by atoms with Gasteiger partial charge in [-0.15, -0.1) is 10.2 Å². The summed E-state index contributed by atoms with van der Waals surface area (Å²) in [5, 5.41) is 8.70. The van der Waals surface area contributed by atoms with Crippen LogP contribution in [0.25, 0.3) is 22.5 Å². The molecule has 0 spiro atoms. The molecule has 0 unspecified atom stereocenters. The Kier molecular flexibility index (Phi) is 5.86. The quantitative estimate of drug-likeness (QED) is 0.481. The van der Waals surface area contributed by atoms with Crippen molar-refractivity contribution in [2.45, 2.75) is 31.2 Å². The summed E-state index contributed by atoms with van der Waals surface area (Å²) in [6.45, 7) is 5.85. The lowest BCUT2D eigenvalue weighted by Gasteiger charge is -2.11. The average Bonchev–Trinajstić information content (AvgIpc) is 2.68. The van der Waals surface area contributed by atoms with Gasteiger partial charge in [-0.2, -0.15) is 0 Å². The summed E-state index contributed by atoms with van der Waals surface area (Å²) in [6.07, 6.45) is 0. The Labute approximate surface area is 163 Å². The fourth-order valence-electron chi connectivity index (χ4n) is 2.55. The maximum Gasteiger partial charge on any atom is 0.318 e. The van der Waals surface area contributed by atoms with Crippen LogP contribution in [-0.2, 0) is 9.53 Å². The fraction of sp³-hybridized carbons (Fsp3) is 0.238. The van der Waals surface area contributed by atoms with Crippen molar-refractivity contribution >= 4 is 17.7 Å². The highest BCUT2D eigenvalue weighted by Crippen LogP contribution is 2.31. The molecule has 0 N–H and O–H groups in total. The van der Waals surface area contributed by atoms with Gasteiger partial charge < -0.3 is 4.74 Å². The van der Waals surface area contributed by atoms with Gasteiger partial charge in [-0.05, 0) is 20.8 Å². The Bertz CT molecular complexity index is 941. The third kappa shape index (κ3) is 4.52. The largest absolute Gasteiger partial charge is 0.468 e. The predicted molar refractivity (Wildman–Crippen MR) is 108 cm³/mol. The molecule has 3 aromatic rings. The van der Waals surface area contributed by atoms with Gasteiger partial charge in [0.2, 0.25) is 5.16 Å². The summed E-state index contributed by atoms with van der Waals surface area (Å²) in [4.78, 5) is 16.4. The van der Waals surface area contributed by atoms with E-state index in [1.165, 1.54) is 30.0 Å². The van der Waals surface area contributed by atoms with E-state index < -0.39 is 5.25 Å². The summed E-state index contributed by atoms with van der Waals surface area (Å²) < 4.78 is 4.78. The molecule has 1 atom stereocenters. The SMILES string of the molecule is COC(=O)[C@@H](C)Sc1nnc(-c2ccc(C)cc2)c(-c2ccc(C)cc2)n1. The third-order valence-electron chi connectivity index (χ3n) is 4.13. The molecule has 3 rings (SSSR count). The molecule has 1 heterocycles. The van der Waals surface area contributed by atoms with Gasteiger partial charge in [-0.3, -0.25) is 4.79 Å². The molecule has 2 aromatic carbocycles. The first-order chi connectivity index (χ1) is 13.0. The lowest BCUT2D eigenvalue weighted by molar-refractivity contribution is -0.139. The second-order valence-corrected chi connectivity index (χ2v) is 7.61. The monoisotopic (exact) mass is 379 g/mol. The molecule has 138 valence electrons. The van der Waals surface area contributed by atoms with Gasteiger partial charge in [-0.1, -0.05) is 71.4 Å². The number of esters is 1. The lowest BCUT2D eigenvalue weighted by atomic mass is 10.0. The molecule has 0 aliphatic rings. The van der Waals surface area contributed by atoms with Crippen LogP contribution >= 0.6 is 11.8 Å². The minimum Gasteiger partial charge on any atom is -0.468 e. The standard InChI is InChI=1S/C21H21N3O2S/c1-13-5-9-16(10-6-13)18-19(17-11-7-14(2)8-12-17)23-24-21(22-18)27-15(3)20(25)26-4/h5-12,15H,1-4H3/t15-/m1/s1. The van der Waals surface area contributed by atoms with Crippen molar-refractivity contribution in [3.05, 3.63) is 59.7 Å². The molecule has 0 aliphatic carbocycles. The molecule has 1 aromatic heterocycles. The zero-order valence-corrected chi connectivity index (χ0v) is 16.6. The number of methoxy groups -OCH3 is 1. The van der Waals surface area contributed by atoms with Crippen molar-refractivity contribution in [1.82, 2.24) is 15.2 Å². The second-order valence-electron chi connectivity index (χ2n) is 6.31. The van der Waals surface area contributed by atoms with Crippen LogP contribution in [0.1, 0.15) is 18.1 Å². The van der Waals surface area contributed by atoms with Gasteiger partial charge >= 0.3 is 5.97 Å². The molecule has 0 saturated heterocycles. The van der Waals surface area contributed by atoms with E-state index in [2.05, 4.69) is 10.2 Å².